The minimum Gasteiger partial charge on any atom is -0.371 e. The quantitative estimate of drug-likeness (QED) is 0.394. The van der Waals surface area contributed by atoms with Crippen LogP contribution in [-0.2, 0) is 14.6 Å². The van der Waals surface area contributed by atoms with Crippen molar-refractivity contribution < 1.29 is 22.5 Å². The molecule has 0 spiro atoms. The van der Waals surface area contributed by atoms with Crippen molar-refractivity contribution in [1.29, 1.82) is 0 Å². The zero-order valence-electron chi connectivity index (χ0n) is 16.6. The topological polar surface area (TPSA) is 131 Å². The highest BCUT2D eigenvalue weighted by atomic mass is 32.2. The summed E-state index contributed by atoms with van der Waals surface area (Å²) >= 11 is 1.01. The number of nitrogens with zero attached hydrogens (tertiary/aromatic N) is 2. The van der Waals surface area contributed by atoms with Gasteiger partial charge in [-0.3, -0.25) is 19.9 Å². The number of halogens is 1. The molecule has 4 rings (SSSR count). The Hall–Kier alpha value is -3.77. The van der Waals surface area contributed by atoms with Crippen molar-refractivity contribution >= 4 is 48.7 Å². The number of thioether (sulfide) groups is 1. The lowest BCUT2D eigenvalue weighted by atomic mass is 10.2. The molecule has 1 aliphatic rings. The van der Waals surface area contributed by atoms with E-state index in [0.717, 1.165) is 36.0 Å². The second-order valence-electron chi connectivity index (χ2n) is 6.80. The molecule has 12 heteroatoms. The average Bonchev–Trinajstić information content (AvgIpc) is 3.30. The molecule has 2 aromatic carbocycles. The molecule has 3 aromatic rings. The zero-order valence-corrected chi connectivity index (χ0v) is 18.3. The molecule has 0 radical (unpaired) electrons. The lowest BCUT2D eigenvalue weighted by molar-refractivity contribution is -0.384. The summed E-state index contributed by atoms with van der Waals surface area (Å²) in [6.07, 6.45) is 4.64. The van der Waals surface area contributed by atoms with Crippen LogP contribution in [0.4, 0.5) is 21.5 Å². The summed E-state index contributed by atoms with van der Waals surface area (Å²) in [5.41, 5.74) is 1.58. The largest absolute Gasteiger partial charge is 0.371 e. The Bertz CT molecular complexity index is 1360. The van der Waals surface area contributed by atoms with Gasteiger partial charge in [0.15, 0.2) is 5.37 Å². The lowest BCUT2D eigenvalue weighted by Crippen LogP contribution is -2.33. The number of aromatic nitrogens is 1. The van der Waals surface area contributed by atoms with Crippen LogP contribution in [0.25, 0.3) is 4.91 Å². The second-order valence-corrected chi connectivity index (χ2v) is 9.83. The number of nitrogens with one attached hydrogen (secondary N) is 2. The third kappa shape index (κ3) is 4.71. The highest BCUT2D eigenvalue weighted by Gasteiger charge is 2.36. The molecule has 1 atom stereocenters. The zero-order chi connectivity index (χ0) is 23.6. The van der Waals surface area contributed by atoms with E-state index in [1.54, 1.807) is 30.6 Å². The molecule has 1 unspecified atom stereocenters. The first-order chi connectivity index (χ1) is 15.8. The van der Waals surface area contributed by atoms with E-state index in [0.29, 0.717) is 21.8 Å². The molecule has 2 N–H and O–H groups in total. The summed E-state index contributed by atoms with van der Waals surface area (Å²) in [5.74, 6) is -0.374. The van der Waals surface area contributed by atoms with Crippen LogP contribution in [0.15, 0.2) is 78.1 Å². The third-order valence-corrected chi connectivity index (χ3v) is 7.64. The molecule has 1 aliphatic heterocycles. The molecule has 33 heavy (non-hydrogen) atoms. The number of non-ortho nitro benzene ring substituents is 1. The first kappa shape index (κ1) is 22.4. The highest BCUT2D eigenvalue weighted by Crippen LogP contribution is 2.39. The molecule has 0 saturated heterocycles. The summed E-state index contributed by atoms with van der Waals surface area (Å²) in [7, 11) is -4.37. The predicted octanol–water partition coefficient (Wildman–Crippen LogP) is 3.83. The summed E-state index contributed by atoms with van der Waals surface area (Å²) in [4.78, 5) is 27.2. The summed E-state index contributed by atoms with van der Waals surface area (Å²) in [6.45, 7) is 0. The van der Waals surface area contributed by atoms with E-state index in [1.807, 2.05) is 0 Å². The molecule has 0 fully saturated rings. The minimum absolute atomic E-state index is 0.280. The SMILES string of the molecule is O=C(C1NC=C(c2ccncc2Nc2ccc(F)cc2)S1)S(=O)(=O)c1ccc([N+](=O)[O-])cc1. The molecule has 168 valence electrons. The van der Waals surface area contributed by atoms with Gasteiger partial charge < -0.3 is 10.6 Å². The Labute approximate surface area is 191 Å². The van der Waals surface area contributed by atoms with E-state index in [9.17, 15) is 27.7 Å². The van der Waals surface area contributed by atoms with Gasteiger partial charge in [-0.15, -0.1) is 0 Å². The Kier molecular flexibility index (Phi) is 6.11. The van der Waals surface area contributed by atoms with E-state index in [1.165, 1.54) is 18.3 Å². The Balaban J connectivity index is 1.52. The molecule has 0 bridgehead atoms. The van der Waals surface area contributed by atoms with Crippen LogP contribution in [0.5, 0.6) is 0 Å². The predicted molar refractivity (Wildman–Crippen MR) is 122 cm³/mol. The summed E-state index contributed by atoms with van der Waals surface area (Å²) in [5, 5.41) is 14.5. The molecule has 2 heterocycles. The van der Waals surface area contributed by atoms with Gasteiger partial charge >= 0.3 is 0 Å². The third-order valence-electron chi connectivity index (χ3n) is 4.66. The van der Waals surface area contributed by atoms with Crippen LogP contribution in [-0.4, -0.2) is 28.8 Å². The molecule has 9 nitrogen and oxygen atoms in total. The van der Waals surface area contributed by atoms with Crippen molar-refractivity contribution in [2.24, 2.45) is 0 Å². The van der Waals surface area contributed by atoms with E-state index >= 15 is 0 Å². The van der Waals surface area contributed by atoms with Crippen LogP contribution in [0, 0.1) is 15.9 Å². The number of sulfone groups is 1. The number of carbonyl (C=O) groups is 1. The monoisotopic (exact) mass is 486 g/mol. The van der Waals surface area contributed by atoms with Gasteiger partial charge in [-0.1, -0.05) is 11.8 Å². The summed E-state index contributed by atoms with van der Waals surface area (Å²) in [6, 6.07) is 11.6. The van der Waals surface area contributed by atoms with Crippen LogP contribution < -0.4 is 10.6 Å². The number of carbonyl (C=O) groups excluding carboxylic acids is 1. The van der Waals surface area contributed by atoms with Gasteiger partial charge in [0.2, 0.25) is 9.84 Å². The molecule has 0 aliphatic carbocycles. The number of anilines is 2. The van der Waals surface area contributed by atoms with Gasteiger partial charge in [0.1, 0.15) is 5.82 Å². The van der Waals surface area contributed by atoms with E-state index < -0.39 is 25.2 Å². The number of nitro groups is 1. The fraction of sp³-hybridized carbons (Fsp3) is 0.0476. The van der Waals surface area contributed by atoms with E-state index in [2.05, 4.69) is 15.6 Å². The summed E-state index contributed by atoms with van der Waals surface area (Å²) < 4.78 is 38.6. The van der Waals surface area contributed by atoms with Crippen LogP contribution in [0.1, 0.15) is 5.56 Å². The van der Waals surface area contributed by atoms with Crippen molar-refractivity contribution in [3.63, 3.8) is 0 Å². The number of hydrogen-bond donors (Lipinski definition) is 2. The number of hydrogen-bond acceptors (Lipinski definition) is 9. The highest BCUT2D eigenvalue weighted by molar-refractivity contribution is 8.14. The number of rotatable bonds is 6. The first-order valence-electron chi connectivity index (χ1n) is 9.39. The van der Waals surface area contributed by atoms with Crippen molar-refractivity contribution in [1.82, 2.24) is 10.3 Å². The van der Waals surface area contributed by atoms with Gasteiger partial charge in [-0.2, -0.15) is 0 Å². The maximum Gasteiger partial charge on any atom is 0.283 e. The fourth-order valence-corrected chi connectivity index (χ4v) is 5.53. The van der Waals surface area contributed by atoms with Gasteiger partial charge in [0.25, 0.3) is 10.8 Å². The first-order valence-corrected chi connectivity index (χ1v) is 11.8. The van der Waals surface area contributed by atoms with E-state index in [-0.39, 0.29) is 16.4 Å². The van der Waals surface area contributed by atoms with Gasteiger partial charge in [-0.25, -0.2) is 12.8 Å². The minimum atomic E-state index is -4.37. The average molecular weight is 487 g/mol. The molecule has 0 amide bonds. The Morgan fingerprint density at radius 3 is 2.48 bits per heavy atom. The Morgan fingerprint density at radius 1 is 1.12 bits per heavy atom. The fourth-order valence-electron chi connectivity index (χ4n) is 3.01. The lowest BCUT2D eigenvalue weighted by Gasteiger charge is -2.13. The standard InChI is InChI=1S/C21H15FN4O5S2/c22-13-1-3-14(4-2-13)25-18-11-23-10-9-17(18)19-12-24-20(32-19)21(27)33(30,31)16-7-5-15(6-8-16)26(28)29/h1-12,20,24-25H. The van der Waals surface area contributed by atoms with Crippen molar-refractivity contribution in [3.8, 4) is 0 Å². The number of benzene rings is 2. The normalized spacial score (nSPS) is 15.4. The van der Waals surface area contributed by atoms with Crippen molar-refractivity contribution in [2.45, 2.75) is 10.3 Å². The maximum absolute atomic E-state index is 13.2. The Morgan fingerprint density at radius 2 is 1.82 bits per heavy atom. The number of pyridine rings is 1. The van der Waals surface area contributed by atoms with Crippen molar-refractivity contribution in [2.75, 3.05) is 5.32 Å². The molecular formula is C21H15FN4O5S2. The second kappa shape index (κ2) is 9.00. The van der Waals surface area contributed by atoms with Gasteiger partial charge in [-0.05, 0) is 42.5 Å². The van der Waals surface area contributed by atoms with Gasteiger partial charge in [0.05, 0.1) is 21.7 Å². The number of nitro benzene ring substituents is 1. The van der Waals surface area contributed by atoms with Crippen LogP contribution >= 0.6 is 11.8 Å². The van der Waals surface area contributed by atoms with E-state index in [4.69, 9.17) is 0 Å². The molecule has 0 saturated carbocycles. The molecular weight excluding hydrogens is 471 g/mol. The van der Waals surface area contributed by atoms with Gasteiger partial charge in [0, 0.05) is 40.7 Å². The van der Waals surface area contributed by atoms with Crippen molar-refractivity contribution in [3.05, 3.63) is 94.7 Å². The molecule has 1 aromatic heterocycles. The smallest absolute Gasteiger partial charge is 0.283 e. The maximum atomic E-state index is 13.2. The van der Waals surface area contributed by atoms with Crippen LogP contribution in [0.2, 0.25) is 0 Å². The van der Waals surface area contributed by atoms with Crippen LogP contribution in [0.3, 0.4) is 0 Å².